The zero-order chi connectivity index (χ0) is 18.8. The van der Waals surface area contributed by atoms with E-state index in [0.29, 0.717) is 18.5 Å². The minimum atomic E-state index is -4.37. The average molecular weight is 373 g/mol. The van der Waals surface area contributed by atoms with Gasteiger partial charge in [-0.15, -0.1) is 11.8 Å². The predicted molar refractivity (Wildman–Crippen MR) is 96.2 cm³/mol. The zero-order valence-corrected chi connectivity index (χ0v) is 16.0. The van der Waals surface area contributed by atoms with Gasteiger partial charge >= 0.3 is 6.18 Å². The Kier molecular flexibility index (Phi) is 6.13. The van der Waals surface area contributed by atoms with Crippen molar-refractivity contribution in [3.63, 3.8) is 0 Å². The molecule has 0 N–H and O–H groups in total. The van der Waals surface area contributed by atoms with E-state index in [1.54, 1.807) is 11.0 Å². The molecule has 25 heavy (non-hydrogen) atoms. The molecule has 1 saturated heterocycles. The average Bonchev–Trinajstić information content (AvgIpc) is 2.93. The van der Waals surface area contributed by atoms with Crippen molar-refractivity contribution in [3.05, 3.63) is 35.4 Å². The van der Waals surface area contributed by atoms with Crippen LogP contribution in [0.5, 0.6) is 0 Å². The second-order valence-electron chi connectivity index (χ2n) is 8.01. The summed E-state index contributed by atoms with van der Waals surface area (Å²) in [4.78, 5) is 14.4. The summed E-state index contributed by atoms with van der Waals surface area (Å²) in [6, 6.07) is 5.33. The van der Waals surface area contributed by atoms with Gasteiger partial charge in [-0.05, 0) is 35.4 Å². The fourth-order valence-electron chi connectivity index (χ4n) is 3.40. The minimum absolute atomic E-state index is 0.0316. The topological polar surface area (TPSA) is 20.3 Å². The zero-order valence-electron chi connectivity index (χ0n) is 15.2. The molecule has 1 amide bonds. The first-order valence-electron chi connectivity index (χ1n) is 8.55. The highest BCUT2D eigenvalue weighted by molar-refractivity contribution is 7.99. The Morgan fingerprint density at radius 2 is 2.00 bits per heavy atom. The fraction of sp³-hybridized carbons (Fsp3) is 0.632. The molecule has 1 aromatic rings. The monoisotopic (exact) mass is 373 g/mol. The summed E-state index contributed by atoms with van der Waals surface area (Å²) in [6.45, 7) is 9.08. The number of alkyl halides is 3. The van der Waals surface area contributed by atoms with Crippen LogP contribution in [0.2, 0.25) is 0 Å². The van der Waals surface area contributed by atoms with E-state index in [9.17, 15) is 18.0 Å². The van der Waals surface area contributed by atoms with Crippen LogP contribution in [-0.4, -0.2) is 23.1 Å². The van der Waals surface area contributed by atoms with E-state index in [1.807, 2.05) is 0 Å². The third-order valence-electron chi connectivity index (χ3n) is 4.19. The summed E-state index contributed by atoms with van der Waals surface area (Å²) in [5.41, 5.74) is 0.0417. The van der Waals surface area contributed by atoms with E-state index in [-0.39, 0.29) is 22.6 Å². The highest BCUT2D eigenvalue weighted by atomic mass is 32.2. The normalized spacial score (nSPS) is 20.0. The van der Waals surface area contributed by atoms with Crippen molar-refractivity contribution in [2.45, 2.75) is 52.1 Å². The van der Waals surface area contributed by atoms with Crippen LogP contribution in [0.1, 0.15) is 57.0 Å². The first kappa shape index (κ1) is 20.1. The first-order chi connectivity index (χ1) is 11.5. The number of carbonyl (C=O) groups excluding carboxylic acids is 1. The molecule has 2 atom stereocenters. The van der Waals surface area contributed by atoms with Crippen molar-refractivity contribution in [2.75, 3.05) is 12.3 Å². The van der Waals surface area contributed by atoms with Gasteiger partial charge in [-0.25, -0.2) is 0 Å². The number of amides is 1. The molecule has 0 bridgehead atoms. The van der Waals surface area contributed by atoms with Crippen LogP contribution in [0, 0.1) is 11.3 Å². The first-order valence-corrected chi connectivity index (χ1v) is 9.60. The van der Waals surface area contributed by atoms with E-state index in [2.05, 4.69) is 27.7 Å². The molecule has 2 rings (SSSR count). The van der Waals surface area contributed by atoms with Crippen LogP contribution in [-0.2, 0) is 11.0 Å². The smallest absolute Gasteiger partial charge is 0.326 e. The molecule has 0 saturated carbocycles. The predicted octanol–water partition coefficient (Wildman–Crippen LogP) is 5.74. The number of benzene rings is 1. The summed E-state index contributed by atoms with van der Waals surface area (Å²) < 4.78 is 38.9. The van der Waals surface area contributed by atoms with E-state index in [0.717, 1.165) is 18.2 Å². The van der Waals surface area contributed by atoms with Crippen LogP contribution in [0.4, 0.5) is 13.2 Å². The fourth-order valence-corrected chi connectivity index (χ4v) is 4.67. The molecule has 0 unspecified atom stereocenters. The highest BCUT2D eigenvalue weighted by Gasteiger charge is 2.35. The van der Waals surface area contributed by atoms with E-state index < -0.39 is 11.7 Å². The number of hydrogen-bond donors (Lipinski definition) is 0. The lowest BCUT2D eigenvalue weighted by Gasteiger charge is -2.28. The van der Waals surface area contributed by atoms with Gasteiger partial charge < -0.3 is 4.90 Å². The van der Waals surface area contributed by atoms with Crippen molar-refractivity contribution in [3.8, 4) is 0 Å². The molecule has 1 fully saturated rings. The lowest BCUT2D eigenvalue weighted by Crippen LogP contribution is -2.32. The van der Waals surface area contributed by atoms with Crippen molar-refractivity contribution in [1.29, 1.82) is 0 Å². The van der Waals surface area contributed by atoms with Gasteiger partial charge in [0.15, 0.2) is 0 Å². The second kappa shape index (κ2) is 7.60. The van der Waals surface area contributed by atoms with Crippen molar-refractivity contribution < 1.29 is 18.0 Å². The Balaban J connectivity index is 2.11. The molecule has 0 spiro atoms. The van der Waals surface area contributed by atoms with Gasteiger partial charge in [0.05, 0.1) is 5.56 Å². The third-order valence-corrected chi connectivity index (χ3v) is 5.46. The Labute approximate surface area is 152 Å². The Morgan fingerprint density at radius 3 is 2.60 bits per heavy atom. The maximum Gasteiger partial charge on any atom is 0.416 e. The largest absolute Gasteiger partial charge is 0.416 e. The van der Waals surface area contributed by atoms with E-state index in [1.165, 1.54) is 23.9 Å². The molecule has 6 heteroatoms. The van der Waals surface area contributed by atoms with Gasteiger partial charge in [0, 0.05) is 18.7 Å². The quantitative estimate of drug-likeness (QED) is 0.670. The van der Waals surface area contributed by atoms with E-state index >= 15 is 0 Å². The van der Waals surface area contributed by atoms with Gasteiger partial charge in [0.1, 0.15) is 5.37 Å². The lowest BCUT2D eigenvalue weighted by molar-refractivity contribution is -0.137. The Bertz CT molecular complexity index is 609. The maximum atomic E-state index is 13.0. The molecule has 1 aliphatic heterocycles. The molecular weight excluding hydrogens is 347 g/mol. The SMILES string of the molecule is C[C@H](CC(=O)N1CCS[C@H]1c1cccc(C(F)(F)F)c1)CC(C)(C)C. The number of carbonyl (C=O) groups is 1. The van der Waals surface area contributed by atoms with Crippen LogP contribution >= 0.6 is 11.8 Å². The Morgan fingerprint density at radius 1 is 1.32 bits per heavy atom. The van der Waals surface area contributed by atoms with Crippen LogP contribution in [0.3, 0.4) is 0 Å². The number of hydrogen-bond acceptors (Lipinski definition) is 2. The Hall–Kier alpha value is -1.17. The van der Waals surface area contributed by atoms with Crippen LogP contribution in [0.15, 0.2) is 24.3 Å². The van der Waals surface area contributed by atoms with Gasteiger partial charge in [-0.3, -0.25) is 4.79 Å². The van der Waals surface area contributed by atoms with E-state index in [4.69, 9.17) is 0 Å². The molecule has 0 aromatic heterocycles. The lowest BCUT2D eigenvalue weighted by atomic mass is 9.84. The minimum Gasteiger partial charge on any atom is -0.326 e. The van der Waals surface area contributed by atoms with Crippen molar-refractivity contribution in [1.82, 2.24) is 4.90 Å². The molecule has 1 heterocycles. The molecule has 0 radical (unpaired) electrons. The molecule has 1 aromatic carbocycles. The number of thioether (sulfide) groups is 1. The number of halogens is 3. The maximum absolute atomic E-state index is 13.0. The summed E-state index contributed by atoms with van der Waals surface area (Å²) in [5, 5.41) is -0.323. The van der Waals surface area contributed by atoms with Gasteiger partial charge in [0.2, 0.25) is 5.91 Å². The van der Waals surface area contributed by atoms with Gasteiger partial charge in [-0.1, -0.05) is 39.8 Å². The second-order valence-corrected chi connectivity index (χ2v) is 9.20. The van der Waals surface area contributed by atoms with Gasteiger partial charge in [0.25, 0.3) is 0 Å². The summed E-state index contributed by atoms with van der Waals surface area (Å²) in [7, 11) is 0. The standard InChI is InChI=1S/C19H26F3NOS/c1-13(12-18(2,3)4)10-16(24)23-8-9-25-17(23)14-6-5-7-15(11-14)19(20,21)22/h5-7,11,13,17H,8-10,12H2,1-4H3/t13-,17+/m1/s1. The number of rotatable bonds is 4. The van der Waals surface area contributed by atoms with Crippen LogP contribution < -0.4 is 0 Å². The van der Waals surface area contributed by atoms with Crippen LogP contribution in [0.25, 0.3) is 0 Å². The molecule has 0 aliphatic carbocycles. The summed E-state index contributed by atoms with van der Waals surface area (Å²) in [5.74, 6) is 1.03. The molecule has 1 aliphatic rings. The highest BCUT2D eigenvalue weighted by Crippen LogP contribution is 2.41. The third kappa shape index (κ3) is 5.66. The van der Waals surface area contributed by atoms with Crippen molar-refractivity contribution >= 4 is 17.7 Å². The summed E-state index contributed by atoms with van der Waals surface area (Å²) >= 11 is 1.53. The summed E-state index contributed by atoms with van der Waals surface area (Å²) in [6.07, 6.45) is -2.99. The van der Waals surface area contributed by atoms with Gasteiger partial charge in [-0.2, -0.15) is 13.2 Å². The molecule has 2 nitrogen and oxygen atoms in total. The van der Waals surface area contributed by atoms with Crippen molar-refractivity contribution in [2.24, 2.45) is 11.3 Å². The molecular formula is C19H26F3NOS. The number of nitrogens with zero attached hydrogens (tertiary/aromatic N) is 1. The molecule has 140 valence electrons.